The molecule has 168 valence electrons. The molecule has 0 radical (unpaired) electrons. The van der Waals surface area contributed by atoms with Gasteiger partial charge in [-0.25, -0.2) is 4.79 Å². The van der Waals surface area contributed by atoms with E-state index in [0.29, 0.717) is 0 Å². The number of carbonyl (C=O) groups excluding carboxylic acids is 1. The molecule has 0 heterocycles. The minimum absolute atomic E-state index is 0.0945. The number of carbonyl (C=O) groups is 3. The summed E-state index contributed by atoms with van der Waals surface area (Å²) in [4.78, 5) is 33.4. The summed E-state index contributed by atoms with van der Waals surface area (Å²) >= 11 is 0. The molecule has 1 amide bonds. The van der Waals surface area contributed by atoms with Crippen molar-refractivity contribution in [2.45, 2.75) is 116 Å². The smallest absolute Gasteiger partial charge is 0.326 e. The largest absolute Gasteiger partial charge is 0.481 e. The maximum atomic E-state index is 11.8. The Morgan fingerprint density at radius 1 is 0.759 bits per heavy atom. The molecule has 6 nitrogen and oxygen atoms in total. The third kappa shape index (κ3) is 19.2. The van der Waals surface area contributed by atoms with Gasteiger partial charge in [0.15, 0.2) is 0 Å². The quantitative estimate of drug-likeness (QED) is 0.182. The predicted molar refractivity (Wildman–Crippen MR) is 116 cm³/mol. The first-order valence-electron chi connectivity index (χ1n) is 11.4. The minimum Gasteiger partial charge on any atom is -0.481 e. The lowest BCUT2D eigenvalue weighted by Gasteiger charge is -2.13. The average molecular weight is 412 g/mol. The van der Waals surface area contributed by atoms with Crippen LogP contribution < -0.4 is 5.32 Å². The number of rotatable bonds is 20. The van der Waals surface area contributed by atoms with Crippen molar-refractivity contribution in [1.29, 1.82) is 0 Å². The van der Waals surface area contributed by atoms with E-state index >= 15 is 0 Å². The fourth-order valence-electron chi connectivity index (χ4n) is 3.15. The Morgan fingerprint density at radius 2 is 1.28 bits per heavy atom. The van der Waals surface area contributed by atoms with E-state index in [4.69, 9.17) is 10.2 Å². The van der Waals surface area contributed by atoms with Crippen molar-refractivity contribution >= 4 is 17.8 Å². The van der Waals surface area contributed by atoms with E-state index in [1.54, 1.807) is 0 Å². The van der Waals surface area contributed by atoms with Gasteiger partial charge in [0.2, 0.25) is 5.91 Å². The first kappa shape index (κ1) is 27.1. The van der Waals surface area contributed by atoms with Crippen LogP contribution >= 0.6 is 0 Å². The van der Waals surface area contributed by atoms with E-state index in [1.165, 1.54) is 44.9 Å². The summed E-state index contributed by atoms with van der Waals surface area (Å²) in [6.45, 7) is 2.24. The van der Waals surface area contributed by atoms with Crippen LogP contribution in [-0.4, -0.2) is 34.1 Å². The highest BCUT2D eigenvalue weighted by Crippen LogP contribution is 2.10. The first-order valence-corrected chi connectivity index (χ1v) is 11.4. The van der Waals surface area contributed by atoms with E-state index in [0.717, 1.165) is 38.5 Å². The molecule has 6 heteroatoms. The van der Waals surface area contributed by atoms with E-state index in [-0.39, 0.29) is 25.2 Å². The molecule has 0 aliphatic carbocycles. The van der Waals surface area contributed by atoms with Crippen LogP contribution in [0.15, 0.2) is 12.2 Å². The van der Waals surface area contributed by atoms with E-state index < -0.39 is 18.0 Å². The number of unbranched alkanes of at least 4 members (excludes halogenated alkanes) is 11. The third-order valence-corrected chi connectivity index (χ3v) is 4.95. The maximum Gasteiger partial charge on any atom is 0.326 e. The van der Waals surface area contributed by atoms with E-state index in [2.05, 4.69) is 24.4 Å². The van der Waals surface area contributed by atoms with Crippen LogP contribution in [0.4, 0.5) is 0 Å². The number of carboxylic acids is 2. The molecular formula is C23H41NO5. The molecule has 0 rings (SSSR count). The van der Waals surface area contributed by atoms with Crippen LogP contribution in [0.3, 0.4) is 0 Å². The summed E-state index contributed by atoms with van der Waals surface area (Å²) in [5.41, 5.74) is 0. The second kappa shape index (κ2) is 19.5. The zero-order valence-electron chi connectivity index (χ0n) is 18.2. The van der Waals surface area contributed by atoms with Crippen molar-refractivity contribution in [1.82, 2.24) is 5.32 Å². The molecule has 29 heavy (non-hydrogen) atoms. The van der Waals surface area contributed by atoms with Crippen molar-refractivity contribution in [2.24, 2.45) is 0 Å². The summed E-state index contributed by atoms with van der Waals surface area (Å²) in [6, 6.07) is -1.12. The van der Waals surface area contributed by atoms with Crippen LogP contribution in [-0.2, 0) is 14.4 Å². The van der Waals surface area contributed by atoms with Gasteiger partial charge in [0.25, 0.3) is 0 Å². The Labute approximate surface area is 176 Å². The van der Waals surface area contributed by atoms with Gasteiger partial charge in [0.1, 0.15) is 6.04 Å². The Kier molecular flexibility index (Phi) is 18.2. The molecule has 1 atom stereocenters. The van der Waals surface area contributed by atoms with Crippen LogP contribution in [0.1, 0.15) is 110 Å². The number of aliphatic carboxylic acids is 2. The highest BCUT2D eigenvalue weighted by Gasteiger charge is 2.20. The molecule has 0 fully saturated rings. The predicted octanol–water partition coefficient (Wildman–Crippen LogP) is 5.46. The normalized spacial score (nSPS) is 12.2. The number of amides is 1. The molecule has 0 aromatic rings. The second-order valence-electron chi connectivity index (χ2n) is 7.73. The number of nitrogens with one attached hydrogen (secondary N) is 1. The van der Waals surface area contributed by atoms with Gasteiger partial charge in [-0.1, -0.05) is 70.4 Å². The van der Waals surface area contributed by atoms with Crippen molar-refractivity contribution in [3.8, 4) is 0 Å². The van der Waals surface area contributed by atoms with Gasteiger partial charge in [-0.15, -0.1) is 0 Å². The Hall–Kier alpha value is -1.85. The molecule has 0 aliphatic rings. The third-order valence-electron chi connectivity index (χ3n) is 4.95. The summed E-state index contributed by atoms with van der Waals surface area (Å²) in [6.07, 6.45) is 19.9. The number of carboxylic acid groups (broad SMARTS) is 2. The standard InChI is InChI=1S/C23H41NO5/c1-2-3-4-5-6-7-8-9-10-11-12-13-14-15-16-17-21(25)24-20(23(28)29)18-19-22(26)27/h9-10,20H,2-8,11-19H2,1H3,(H,24,25)(H,26,27)(H,28,29)/b10-9+. The lowest BCUT2D eigenvalue weighted by molar-refractivity contribution is -0.143. The summed E-state index contributed by atoms with van der Waals surface area (Å²) in [5.74, 6) is -2.58. The van der Waals surface area contributed by atoms with Crippen LogP contribution in [0.2, 0.25) is 0 Å². The Bertz CT molecular complexity index is 476. The number of hydrogen-bond acceptors (Lipinski definition) is 3. The maximum absolute atomic E-state index is 11.8. The minimum atomic E-state index is -1.19. The fraction of sp³-hybridized carbons (Fsp3) is 0.783. The number of hydrogen-bond donors (Lipinski definition) is 3. The molecule has 0 saturated heterocycles. The van der Waals surface area contributed by atoms with Gasteiger partial charge in [0, 0.05) is 12.8 Å². The van der Waals surface area contributed by atoms with Gasteiger partial charge in [-0.2, -0.15) is 0 Å². The fourth-order valence-corrected chi connectivity index (χ4v) is 3.15. The number of allylic oxidation sites excluding steroid dienone is 2. The highest BCUT2D eigenvalue weighted by molar-refractivity contribution is 5.83. The van der Waals surface area contributed by atoms with Crippen molar-refractivity contribution in [2.75, 3.05) is 0 Å². The molecule has 0 spiro atoms. The topological polar surface area (TPSA) is 104 Å². The average Bonchev–Trinajstić information content (AvgIpc) is 2.67. The molecule has 0 aliphatic heterocycles. The zero-order valence-corrected chi connectivity index (χ0v) is 18.2. The molecule has 0 aromatic carbocycles. The lowest BCUT2D eigenvalue weighted by Crippen LogP contribution is -2.41. The van der Waals surface area contributed by atoms with Crippen molar-refractivity contribution < 1.29 is 24.6 Å². The van der Waals surface area contributed by atoms with Gasteiger partial charge in [-0.3, -0.25) is 9.59 Å². The van der Waals surface area contributed by atoms with Gasteiger partial charge in [-0.05, 0) is 38.5 Å². The summed E-state index contributed by atoms with van der Waals surface area (Å²) in [5, 5.41) is 20.1. The molecule has 0 aromatic heterocycles. The summed E-state index contributed by atoms with van der Waals surface area (Å²) in [7, 11) is 0. The Morgan fingerprint density at radius 3 is 1.79 bits per heavy atom. The molecule has 1 unspecified atom stereocenters. The Balaban J connectivity index is 3.54. The molecule has 3 N–H and O–H groups in total. The molecular weight excluding hydrogens is 370 g/mol. The molecule has 0 bridgehead atoms. The molecule has 0 saturated carbocycles. The van der Waals surface area contributed by atoms with Crippen LogP contribution in [0.25, 0.3) is 0 Å². The lowest BCUT2D eigenvalue weighted by atomic mass is 10.1. The van der Waals surface area contributed by atoms with E-state index in [9.17, 15) is 14.4 Å². The SMILES string of the molecule is CCCCCCCC/C=C/CCCCCCCC(=O)NC(CCC(=O)O)C(=O)O. The van der Waals surface area contributed by atoms with Gasteiger partial charge < -0.3 is 15.5 Å². The van der Waals surface area contributed by atoms with Crippen molar-refractivity contribution in [3.05, 3.63) is 12.2 Å². The zero-order chi connectivity index (χ0) is 21.7. The van der Waals surface area contributed by atoms with E-state index in [1.807, 2.05) is 0 Å². The van der Waals surface area contributed by atoms with Crippen LogP contribution in [0, 0.1) is 0 Å². The first-order chi connectivity index (χ1) is 14.0. The van der Waals surface area contributed by atoms with Gasteiger partial charge >= 0.3 is 11.9 Å². The van der Waals surface area contributed by atoms with Crippen molar-refractivity contribution in [3.63, 3.8) is 0 Å². The van der Waals surface area contributed by atoms with Crippen LogP contribution in [0.5, 0.6) is 0 Å². The highest BCUT2D eigenvalue weighted by atomic mass is 16.4. The second-order valence-corrected chi connectivity index (χ2v) is 7.73. The monoisotopic (exact) mass is 411 g/mol. The van der Waals surface area contributed by atoms with Gasteiger partial charge in [0.05, 0.1) is 0 Å². The summed E-state index contributed by atoms with van der Waals surface area (Å²) < 4.78 is 0.